The number of hydrogen-bond donors (Lipinski definition) is 2. The van der Waals surface area contributed by atoms with Gasteiger partial charge >= 0.3 is 0 Å². The molecule has 2 atom stereocenters. The second kappa shape index (κ2) is 8.41. The van der Waals surface area contributed by atoms with Crippen LogP contribution in [0.3, 0.4) is 0 Å². The van der Waals surface area contributed by atoms with Gasteiger partial charge < -0.3 is 15.2 Å². The minimum Gasteiger partial charge on any atom is -0.491 e. The molecule has 0 aliphatic carbocycles. The normalized spacial score (nSPS) is 14.2. The van der Waals surface area contributed by atoms with E-state index >= 15 is 0 Å². The van der Waals surface area contributed by atoms with Crippen LogP contribution >= 0.6 is 0 Å². The fraction of sp³-hybridized carbons (Fsp3) is 0.400. The third kappa shape index (κ3) is 6.11. The number of rotatable bonds is 7. The van der Waals surface area contributed by atoms with E-state index in [9.17, 15) is 13.9 Å². The Morgan fingerprint density at radius 1 is 0.960 bits per heavy atom. The maximum atomic E-state index is 13.1. The summed E-state index contributed by atoms with van der Waals surface area (Å²) in [5.41, 5.74) is 0.843. The molecule has 0 fully saturated rings. The fourth-order valence-corrected chi connectivity index (χ4v) is 2.62. The molecule has 136 valence electrons. The molecule has 0 aliphatic rings. The first-order valence-electron chi connectivity index (χ1n) is 8.31. The Morgan fingerprint density at radius 3 is 2.00 bits per heavy atom. The van der Waals surface area contributed by atoms with E-state index < -0.39 is 6.10 Å². The van der Waals surface area contributed by atoms with E-state index in [1.54, 1.807) is 12.1 Å². The molecule has 2 unspecified atom stereocenters. The maximum Gasteiger partial charge on any atom is 0.123 e. The third-order valence-corrected chi connectivity index (χ3v) is 3.88. The maximum absolute atomic E-state index is 13.1. The zero-order chi connectivity index (χ0) is 18.4. The number of halogens is 2. The van der Waals surface area contributed by atoms with Crippen molar-refractivity contribution in [1.29, 1.82) is 0 Å². The van der Waals surface area contributed by atoms with Gasteiger partial charge in [0.15, 0.2) is 0 Å². The van der Waals surface area contributed by atoms with E-state index in [0.29, 0.717) is 12.3 Å². The lowest BCUT2D eigenvalue weighted by atomic mass is 9.82. The van der Waals surface area contributed by atoms with E-state index in [1.807, 2.05) is 0 Å². The molecule has 0 saturated heterocycles. The predicted molar refractivity (Wildman–Crippen MR) is 94.5 cm³/mol. The molecule has 0 heterocycles. The summed E-state index contributed by atoms with van der Waals surface area (Å²) in [6.07, 6.45) is -0.727. The Bertz CT molecular complexity index is 651. The first-order chi connectivity index (χ1) is 11.8. The first-order valence-corrected chi connectivity index (χ1v) is 8.31. The summed E-state index contributed by atoms with van der Waals surface area (Å²) in [4.78, 5) is 0. The van der Waals surface area contributed by atoms with Crippen LogP contribution in [0.4, 0.5) is 8.78 Å². The number of aliphatic hydroxyl groups is 1. The summed E-state index contributed by atoms with van der Waals surface area (Å²) >= 11 is 0. The highest BCUT2D eigenvalue weighted by Gasteiger charge is 2.26. The number of aliphatic hydroxyl groups excluding tert-OH is 1. The monoisotopic (exact) mass is 349 g/mol. The standard InChI is InChI=1S/C20H25F2NO2/c1-20(2,3)19(14-4-6-15(21)7-5-14)23-12-17(24)13-25-18-10-8-16(22)9-11-18/h4-11,17,19,23-24H,12-13H2,1-3H3. The van der Waals surface area contributed by atoms with Gasteiger partial charge in [-0.25, -0.2) is 8.78 Å². The van der Waals surface area contributed by atoms with Gasteiger partial charge in [-0.15, -0.1) is 0 Å². The molecule has 3 nitrogen and oxygen atoms in total. The van der Waals surface area contributed by atoms with Gasteiger partial charge in [0, 0.05) is 12.6 Å². The quantitative estimate of drug-likeness (QED) is 0.791. The summed E-state index contributed by atoms with van der Waals surface area (Å²) in [5.74, 6) is -0.0996. The minimum absolute atomic E-state index is 0.0476. The van der Waals surface area contributed by atoms with Crippen LogP contribution in [-0.4, -0.2) is 24.4 Å². The van der Waals surface area contributed by atoms with Crippen molar-refractivity contribution in [3.63, 3.8) is 0 Å². The molecule has 0 radical (unpaired) electrons. The van der Waals surface area contributed by atoms with Crippen molar-refractivity contribution in [2.75, 3.05) is 13.2 Å². The van der Waals surface area contributed by atoms with E-state index in [2.05, 4.69) is 26.1 Å². The topological polar surface area (TPSA) is 41.5 Å². The van der Waals surface area contributed by atoms with Crippen molar-refractivity contribution in [1.82, 2.24) is 5.32 Å². The molecule has 0 aromatic heterocycles. The molecule has 2 aromatic carbocycles. The minimum atomic E-state index is -0.727. The number of hydrogen-bond acceptors (Lipinski definition) is 3. The number of benzene rings is 2. The van der Waals surface area contributed by atoms with Gasteiger partial charge in [-0.3, -0.25) is 0 Å². The van der Waals surface area contributed by atoms with Crippen LogP contribution in [0.5, 0.6) is 5.75 Å². The lowest BCUT2D eigenvalue weighted by molar-refractivity contribution is 0.0971. The molecule has 25 heavy (non-hydrogen) atoms. The van der Waals surface area contributed by atoms with Crippen molar-refractivity contribution in [3.8, 4) is 5.75 Å². The van der Waals surface area contributed by atoms with Gasteiger partial charge in [0.1, 0.15) is 30.1 Å². The molecule has 5 heteroatoms. The van der Waals surface area contributed by atoms with Crippen LogP contribution in [0.2, 0.25) is 0 Å². The Kier molecular flexibility index (Phi) is 6.51. The third-order valence-electron chi connectivity index (χ3n) is 3.88. The zero-order valence-electron chi connectivity index (χ0n) is 14.8. The Morgan fingerprint density at radius 2 is 1.48 bits per heavy atom. The molecule has 0 spiro atoms. The summed E-state index contributed by atoms with van der Waals surface area (Å²) in [7, 11) is 0. The van der Waals surface area contributed by atoms with Gasteiger partial charge in [0.2, 0.25) is 0 Å². The van der Waals surface area contributed by atoms with Gasteiger partial charge in [-0.05, 0) is 47.4 Å². The highest BCUT2D eigenvalue weighted by atomic mass is 19.1. The second-order valence-corrected chi connectivity index (χ2v) is 7.18. The van der Waals surface area contributed by atoms with E-state index in [4.69, 9.17) is 4.74 Å². The lowest BCUT2D eigenvalue weighted by Crippen LogP contribution is -2.39. The SMILES string of the molecule is CC(C)(C)C(NCC(O)COc1ccc(F)cc1)c1ccc(F)cc1. The largest absolute Gasteiger partial charge is 0.491 e. The fourth-order valence-electron chi connectivity index (χ4n) is 2.62. The number of ether oxygens (including phenoxy) is 1. The van der Waals surface area contributed by atoms with Gasteiger partial charge in [-0.1, -0.05) is 32.9 Å². The Labute approximate surface area is 147 Å². The van der Waals surface area contributed by atoms with Crippen LogP contribution in [0.15, 0.2) is 48.5 Å². The molecular weight excluding hydrogens is 324 g/mol. The van der Waals surface area contributed by atoms with Gasteiger partial charge in [0.25, 0.3) is 0 Å². The summed E-state index contributed by atoms with van der Waals surface area (Å²) < 4.78 is 31.5. The van der Waals surface area contributed by atoms with E-state index in [-0.39, 0.29) is 29.7 Å². The predicted octanol–water partition coefficient (Wildman–Crippen LogP) is 4.08. The average Bonchev–Trinajstić information content (AvgIpc) is 2.55. The summed E-state index contributed by atoms with van der Waals surface area (Å²) in [5, 5.41) is 13.5. The number of nitrogens with one attached hydrogen (secondary N) is 1. The molecule has 0 bridgehead atoms. The van der Waals surface area contributed by atoms with Crippen LogP contribution in [0, 0.1) is 17.0 Å². The lowest BCUT2D eigenvalue weighted by Gasteiger charge is -2.33. The highest BCUT2D eigenvalue weighted by molar-refractivity contribution is 5.23. The second-order valence-electron chi connectivity index (χ2n) is 7.18. The van der Waals surface area contributed by atoms with Crippen molar-refractivity contribution < 1.29 is 18.6 Å². The van der Waals surface area contributed by atoms with Crippen molar-refractivity contribution in [2.45, 2.75) is 32.9 Å². The van der Waals surface area contributed by atoms with Crippen LogP contribution in [0.1, 0.15) is 32.4 Å². The van der Waals surface area contributed by atoms with Crippen molar-refractivity contribution in [2.24, 2.45) is 5.41 Å². The average molecular weight is 349 g/mol. The van der Waals surface area contributed by atoms with E-state index in [0.717, 1.165) is 5.56 Å². The zero-order valence-corrected chi connectivity index (χ0v) is 14.8. The Balaban J connectivity index is 1.91. The van der Waals surface area contributed by atoms with Crippen LogP contribution in [0.25, 0.3) is 0 Å². The molecule has 0 aliphatic heterocycles. The summed E-state index contributed by atoms with van der Waals surface area (Å²) in [6, 6.07) is 12.0. The first kappa shape index (κ1) is 19.3. The van der Waals surface area contributed by atoms with Gasteiger partial charge in [-0.2, -0.15) is 0 Å². The van der Waals surface area contributed by atoms with Crippen molar-refractivity contribution >= 4 is 0 Å². The highest BCUT2D eigenvalue weighted by Crippen LogP contribution is 2.32. The van der Waals surface area contributed by atoms with Crippen LogP contribution < -0.4 is 10.1 Å². The Hall–Kier alpha value is -1.98. The molecule has 2 N–H and O–H groups in total. The molecule has 2 aromatic rings. The summed E-state index contributed by atoms with van der Waals surface area (Å²) in [6.45, 7) is 6.65. The molecular formula is C20H25F2NO2. The van der Waals surface area contributed by atoms with Gasteiger partial charge in [0.05, 0.1) is 0 Å². The smallest absolute Gasteiger partial charge is 0.123 e. The van der Waals surface area contributed by atoms with Crippen molar-refractivity contribution in [3.05, 3.63) is 65.7 Å². The molecule has 0 amide bonds. The molecule has 0 saturated carbocycles. The van der Waals surface area contributed by atoms with Crippen LogP contribution in [-0.2, 0) is 0 Å². The van der Waals surface area contributed by atoms with E-state index in [1.165, 1.54) is 36.4 Å². The molecule has 2 rings (SSSR count).